The lowest BCUT2D eigenvalue weighted by atomic mass is 9.92. The van der Waals surface area contributed by atoms with Crippen LogP contribution in [0.3, 0.4) is 0 Å². The lowest BCUT2D eigenvalue weighted by Crippen LogP contribution is -2.55. The van der Waals surface area contributed by atoms with Crippen molar-refractivity contribution in [2.45, 2.75) is 208 Å². The summed E-state index contributed by atoms with van der Waals surface area (Å²) < 4.78 is 101. The molecule has 0 saturated carbocycles. The van der Waals surface area contributed by atoms with Gasteiger partial charge in [0, 0.05) is 56.7 Å². The molecule has 506 valence electrons. The van der Waals surface area contributed by atoms with Crippen molar-refractivity contribution < 1.29 is 145 Å². The second-order valence-electron chi connectivity index (χ2n) is 23.5. The van der Waals surface area contributed by atoms with Crippen LogP contribution in [0, 0.1) is 17.8 Å². The molecule has 33 nitrogen and oxygen atoms in total. The molecule has 24 atom stereocenters. The van der Waals surface area contributed by atoms with Crippen LogP contribution in [0.15, 0.2) is 0 Å². The molecule has 6 aliphatic heterocycles. The number of ether oxygens (including phenoxy) is 6. The highest BCUT2D eigenvalue weighted by Gasteiger charge is 2.48. The number of hydrogen-bond donors (Lipinski definition) is 13. The van der Waals surface area contributed by atoms with Crippen LogP contribution < -0.4 is 0 Å². The quantitative estimate of drug-likeness (QED) is 0.0242. The van der Waals surface area contributed by atoms with Crippen molar-refractivity contribution >= 4 is 41.0 Å². The van der Waals surface area contributed by atoms with Gasteiger partial charge in [-0.25, -0.2) is 9.13 Å². The number of aliphatic hydroxyl groups excluding tert-OH is 10. The first kappa shape index (κ1) is 74.2. The molecule has 6 rings (SSSR count). The fourth-order valence-electron chi connectivity index (χ4n) is 11.3. The van der Waals surface area contributed by atoms with Gasteiger partial charge in [-0.2, -0.15) is 0 Å². The predicted octanol–water partition coefficient (Wildman–Crippen LogP) is -2.62. The molecule has 0 radical (unpaired) electrons. The van der Waals surface area contributed by atoms with E-state index in [2.05, 4.69) is 0 Å². The maximum atomic E-state index is 14.0. The summed E-state index contributed by atoms with van der Waals surface area (Å²) in [5.41, 5.74) is -0.818. The molecule has 3 amide bonds. The average Bonchev–Trinajstić information content (AvgIpc) is 4.35. The van der Waals surface area contributed by atoms with Crippen molar-refractivity contribution in [1.82, 2.24) is 14.7 Å². The predicted molar refractivity (Wildman–Crippen MR) is 295 cm³/mol. The van der Waals surface area contributed by atoms with Crippen LogP contribution in [-0.4, -0.2) is 293 Å². The summed E-state index contributed by atoms with van der Waals surface area (Å²) in [7, 11) is -14.3. The second kappa shape index (κ2) is 33.3. The van der Waals surface area contributed by atoms with Gasteiger partial charge in [0.1, 0.15) is 36.6 Å². The normalized spacial score (nSPS) is 38.0. The third kappa shape index (κ3) is 20.3. The summed E-state index contributed by atoms with van der Waals surface area (Å²) >= 11 is 0. The van der Waals surface area contributed by atoms with Gasteiger partial charge in [-0.05, 0) is 38.5 Å². The first-order valence-electron chi connectivity index (χ1n) is 29.5. The number of rotatable bonds is 32. The van der Waals surface area contributed by atoms with Crippen LogP contribution in [0.5, 0.6) is 0 Å². The summed E-state index contributed by atoms with van der Waals surface area (Å²) in [5, 5.41) is 101. The molecule has 6 aliphatic rings. The van der Waals surface area contributed by atoms with Gasteiger partial charge >= 0.3 is 23.2 Å². The molecule has 6 fully saturated rings. The number of likely N-dealkylation sites (tertiary alicyclic amines) is 3. The first-order chi connectivity index (χ1) is 40.9. The van der Waals surface area contributed by atoms with Gasteiger partial charge in [0.15, 0.2) is 18.9 Å². The molecule has 0 aromatic rings. The van der Waals surface area contributed by atoms with Crippen molar-refractivity contribution in [3.05, 3.63) is 0 Å². The molecule has 36 heteroatoms. The molecule has 6 heterocycles. The van der Waals surface area contributed by atoms with Gasteiger partial charge in [-0.3, -0.25) is 37.0 Å². The van der Waals surface area contributed by atoms with Crippen molar-refractivity contribution in [2.24, 2.45) is 17.8 Å². The molecule has 6 saturated heterocycles. The minimum Gasteiger partial charge on any atom is -0.394 e. The molecule has 87 heavy (non-hydrogen) atoms. The van der Waals surface area contributed by atoms with E-state index in [9.17, 15) is 93.8 Å². The van der Waals surface area contributed by atoms with Crippen LogP contribution in [0.2, 0.25) is 0 Å². The molecule has 0 spiro atoms. The number of phosphoric acid groups is 2. The van der Waals surface area contributed by atoms with Gasteiger partial charge in [0.2, 0.25) is 17.7 Å². The third-order valence-corrected chi connectivity index (χ3v) is 20.6. The smallest absolute Gasteiger partial charge is 0.394 e. The van der Waals surface area contributed by atoms with Crippen LogP contribution in [0.1, 0.15) is 92.4 Å². The molecule has 0 bridgehead atoms. The highest BCUT2D eigenvalue weighted by molar-refractivity contribution is 7.53. The maximum Gasteiger partial charge on any atom is 0.472 e. The highest BCUT2D eigenvalue weighted by Crippen LogP contribution is 2.51. The van der Waals surface area contributed by atoms with Crippen LogP contribution in [-0.2, 0) is 79.1 Å². The van der Waals surface area contributed by atoms with Crippen molar-refractivity contribution in [3.8, 4) is 0 Å². The number of aliphatic hydroxyl groups is 10. The van der Waals surface area contributed by atoms with E-state index in [0.717, 1.165) is 0 Å². The minimum atomic E-state index is -5.12. The topological polar surface area (TPSA) is 477 Å². The van der Waals surface area contributed by atoms with E-state index in [4.69, 9.17) is 51.0 Å². The molecular weight excluding hydrogens is 1230 g/mol. The number of β-amino-alcohol motifs (C(OH)–C–C–N with tert-alkyl or cyclic N) is 1. The number of phosphoric ester groups is 2. The molecule has 13 N–H and O–H groups in total. The summed E-state index contributed by atoms with van der Waals surface area (Å²) in [6.07, 6.45) is -18.5. The Hall–Kier alpha value is -1.86. The lowest BCUT2D eigenvalue weighted by Gasteiger charge is -2.40. The Balaban J connectivity index is 1.06. The van der Waals surface area contributed by atoms with E-state index in [0.29, 0.717) is 0 Å². The van der Waals surface area contributed by atoms with Gasteiger partial charge in [0.25, 0.3) is 0 Å². The summed E-state index contributed by atoms with van der Waals surface area (Å²) in [6.45, 7) is 3.08. The number of carbonyl (C=O) groups is 3. The van der Waals surface area contributed by atoms with Crippen LogP contribution >= 0.6 is 23.2 Å². The average molecular weight is 1320 g/mol. The van der Waals surface area contributed by atoms with Gasteiger partial charge in [-0.1, -0.05) is 34.6 Å². The van der Waals surface area contributed by atoms with Crippen molar-refractivity contribution in [2.75, 3.05) is 79.1 Å². The number of hydrogen-bond acceptors (Lipinski definition) is 27. The fraction of sp³-hybridized carbons (Fsp3) is 0.941. The SMILES string of the molecule is CC1C(OCCCC(=O)N2C[C@H](O)C[C@H]2COP(=O)(O)O[C@@H]2C[C@@H](COP(=O)(O)O[C@@H]3C[C@@H](COP(=O)(O)C(C)C)N(C(=O)CCCOC4OC(CO)C(O)C(O)C4C)C3)N(C(=O)CCCOC3OC(CO)C(O)C(O)C3C)C2)OC(CO)C(O)C1O. The van der Waals surface area contributed by atoms with E-state index >= 15 is 0 Å². The molecule has 0 aromatic carbocycles. The Morgan fingerprint density at radius 3 is 1.11 bits per heavy atom. The lowest BCUT2D eigenvalue weighted by molar-refractivity contribution is -0.282. The highest BCUT2D eigenvalue weighted by atomic mass is 31.2. The van der Waals surface area contributed by atoms with E-state index in [1.165, 1.54) is 28.5 Å². The molecule has 0 aliphatic carbocycles. The van der Waals surface area contributed by atoms with Crippen molar-refractivity contribution in [3.63, 3.8) is 0 Å². The van der Waals surface area contributed by atoms with Crippen molar-refractivity contribution in [1.29, 1.82) is 0 Å². The third-order valence-electron chi connectivity index (χ3n) is 16.6. The standard InChI is InChI=1S/C51H92N3O30P3/c1-27(2)85(68,69)77-24-32-16-35(19-53(32)41(60)10-7-13-75-50-29(4)44(63)47(66)38(22-56)81-50)83-87(72,73)79-26-33-17-36(20-54(33)42(61)11-8-14-76-51-30(5)45(64)48(67)39(23-57)82-51)84-86(70,71)78-25-31-15-34(58)18-52(31)40(59)9-6-12-74-49-28(3)43(62)46(65)37(21-55)80-49/h27-39,43-51,55-58,62-67H,6-26H2,1-5H3,(H,68,69)(H,70,71)(H,72,73)/t28?,29?,30?,31-,32-,33-,34+,35+,36+,37?,38?,39?,43?,44?,45?,46?,47?,48?,49?,50?,51?/m0/s1. The fourth-order valence-corrected chi connectivity index (χ4v) is 13.8. The Labute approximate surface area is 504 Å². The number of nitrogens with zero attached hydrogens (tertiary/aromatic N) is 3. The zero-order valence-electron chi connectivity index (χ0n) is 49.5. The summed E-state index contributed by atoms with van der Waals surface area (Å²) in [4.78, 5) is 77.5. The monoisotopic (exact) mass is 1320 g/mol. The Morgan fingerprint density at radius 1 is 0.483 bits per heavy atom. The largest absolute Gasteiger partial charge is 0.472 e. The maximum absolute atomic E-state index is 14.0. The van der Waals surface area contributed by atoms with Crippen LogP contribution in [0.4, 0.5) is 0 Å². The zero-order valence-corrected chi connectivity index (χ0v) is 52.2. The Kier molecular flexibility index (Phi) is 28.4. The Bertz CT molecular complexity index is 2330. The zero-order chi connectivity index (χ0) is 64.3. The van der Waals surface area contributed by atoms with E-state index in [1.807, 2.05) is 0 Å². The van der Waals surface area contributed by atoms with E-state index in [-0.39, 0.29) is 97.2 Å². The number of amides is 3. The molecule has 0 aromatic heterocycles. The van der Waals surface area contributed by atoms with Gasteiger partial charge in [-0.15, -0.1) is 0 Å². The van der Waals surface area contributed by atoms with Gasteiger partial charge < -0.3 is 113 Å². The molecule has 18 unspecified atom stereocenters. The van der Waals surface area contributed by atoms with E-state index < -0.39 is 214 Å². The van der Waals surface area contributed by atoms with Crippen LogP contribution in [0.25, 0.3) is 0 Å². The van der Waals surface area contributed by atoms with Gasteiger partial charge in [0.05, 0.1) is 120 Å². The molecular formula is C51H92N3O30P3. The number of carbonyl (C=O) groups excluding carboxylic acids is 3. The Morgan fingerprint density at radius 2 is 0.793 bits per heavy atom. The minimum absolute atomic E-state index is 0.0268. The van der Waals surface area contributed by atoms with E-state index in [1.54, 1.807) is 20.8 Å². The second-order valence-corrected chi connectivity index (χ2v) is 28.7. The first-order valence-corrected chi connectivity index (χ1v) is 34.1. The summed E-state index contributed by atoms with van der Waals surface area (Å²) in [6, 6.07) is -2.95. The summed E-state index contributed by atoms with van der Waals surface area (Å²) in [5.74, 6) is -3.66.